The third kappa shape index (κ3) is 3.29. The molecule has 0 N–H and O–H groups in total. The van der Waals surface area contributed by atoms with Crippen LogP contribution in [0.15, 0.2) is 17.0 Å². The fraction of sp³-hybridized carbons (Fsp3) is 0.308. The van der Waals surface area contributed by atoms with Gasteiger partial charge in [-0.05, 0) is 43.8 Å². The van der Waals surface area contributed by atoms with Crippen molar-refractivity contribution in [1.82, 2.24) is 4.90 Å². The third-order valence-corrected chi connectivity index (χ3v) is 4.36. The van der Waals surface area contributed by atoms with E-state index in [9.17, 15) is 14.4 Å². The number of esters is 1. The molecule has 5 nitrogen and oxygen atoms in total. The van der Waals surface area contributed by atoms with Crippen molar-refractivity contribution in [3.05, 3.63) is 26.8 Å². The first-order valence-corrected chi connectivity index (χ1v) is 7.62. The van der Waals surface area contributed by atoms with Crippen LogP contribution >= 0.6 is 23.1 Å². The zero-order chi connectivity index (χ0) is 14.7. The third-order valence-electron chi connectivity index (χ3n) is 2.50. The smallest absolute Gasteiger partial charge is 0.326 e. The summed E-state index contributed by atoms with van der Waals surface area (Å²) < 4.78 is 4.75. The molecule has 1 saturated heterocycles. The van der Waals surface area contributed by atoms with Gasteiger partial charge in [-0.2, -0.15) is 0 Å². The topological polar surface area (TPSA) is 63.7 Å². The maximum absolute atomic E-state index is 12.1. The zero-order valence-corrected chi connectivity index (χ0v) is 12.7. The molecule has 2 amide bonds. The molecule has 1 aliphatic rings. The molecule has 1 aromatic rings. The van der Waals surface area contributed by atoms with Crippen LogP contribution in [-0.2, 0) is 14.3 Å². The van der Waals surface area contributed by atoms with Gasteiger partial charge in [0.1, 0.15) is 6.54 Å². The number of thioether (sulfide) groups is 1. The van der Waals surface area contributed by atoms with Gasteiger partial charge in [0.25, 0.3) is 11.1 Å². The molecule has 2 rings (SSSR count). The molecule has 7 heteroatoms. The van der Waals surface area contributed by atoms with Crippen molar-refractivity contribution in [3.8, 4) is 0 Å². The number of imide groups is 1. The number of aryl methyl sites for hydroxylation is 1. The van der Waals surface area contributed by atoms with Crippen molar-refractivity contribution in [1.29, 1.82) is 0 Å². The molecule has 0 aliphatic carbocycles. The highest BCUT2D eigenvalue weighted by atomic mass is 32.2. The van der Waals surface area contributed by atoms with Crippen molar-refractivity contribution in [3.63, 3.8) is 0 Å². The van der Waals surface area contributed by atoms with Gasteiger partial charge in [0.2, 0.25) is 0 Å². The summed E-state index contributed by atoms with van der Waals surface area (Å²) in [7, 11) is 0. The van der Waals surface area contributed by atoms with Crippen molar-refractivity contribution in [2.24, 2.45) is 0 Å². The first-order valence-electron chi connectivity index (χ1n) is 5.98. The lowest BCUT2D eigenvalue weighted by atomic mass is 10.3. The summed E-state index contributed by atoms with van der Waals surface area (Å²) in [6.07, 6.45) is 1.67. The number of ether oxygens (including phenoxy) is 1. The number of hydrogen-bond donors (Lipinski definition) is 0. The molecule has 0 aromatic carbocycles. The van der Waals surface area contributed by atoms with Crippen LogP contribution < -0.4 is 0 Å². The van der Waals surface area contributed by atoms with Crippen molar-refractivity contribution in [2.45, 2.75) is 13.8 Å². The minimum Gasteiger partial charge on any atom is -0.465 e. The van der Waals surface area contributed by atoms with Crippen LogP contribution in [0.1, 0.15) is 16.7 Å². The average molecular weight is 311 g/mol. The monoisotopic (exact) mass is 311 g/mol. The van der Waals surface area contributed by atoms with Gasteiger partial charge in [-0.1, -0.05) is 0 Å². The number of thiophene rings is 1. The van der Waals surface area contributed by atoms with Crippen molar-refractivity contribution < 1.29 is 19.1 Å². The highest BCUT2D eigenvalue weighted by molar-refractivity contribution is 8.18. The summed E-state index contributed by atoms with van der Waals surface area (Å²) in [6.45, 7) is 3.53. The van der Waals surface area contributed by atoms with Crippen LogP contribution in [0, 0.1) is 6.92 Å². The maximum Gasteiger partial charge on any atom is 0.326 e. The van der Waals surface area contributed by atoms with Gasteiger partial charge in [-0.15, -0.1) is 11.3 Å². The Morgan fingerprint density at radius 1 is 1.40 bits per heavy atom. The van der Waals surface area contributed by atoms with E-state index in [1.807, 2.05) is 19.1 Å². The molecule has 20 heavy (non-hydrogen) atoms. The van der Waals surface area contributed by atoms with E-state index >= 15 is 0 Å². The van der Waals surface area contributed by atoms with E-state index in [1.54, 1.807) is 13.0 Å². The lowest BCUT2D eigenvalue weighted by Crippen LogP contribution is -2.34. The first kappa shape index (κ1) is 14.8. The van der Waals surface area contributed by atoms with Gasteiger partial charge in [0, 0.05) is 9.75 Å². The molecule has 2 heterocycles. The predicted molar refractivity (Wildman–Crippen MR) is 78.4 cm³/mol. The Balaban J connectivity index is 2.12. The summed E-state index contributed by atoms with van der Waals surface area (Å²) in [6, 6.07) is 3.83. The zero-order valence-electron chi connectivity index (χ0n) is 11.0. The van der Waals surface area contributed by atoms with Gasteiger partial charge in [-0.25, -0.2) is 0 Å². The lowest BCUT2D eigenvalue weighted by molar-refractivity contribution is -0.145. The van der Waals surface area contributed by atoms with Gasteiger partial charge in [-0.3, -0.25) is 19.3 Å². The minimum atomic E-state index is -0.581. The second kappa shape index (κ2) is 6.23. The molecule has 0 spiro atoms. The van der Waals surface area contributed by atoms with Gasteiger partial charge in [0.05, 0.1) is 11.5 Å². The molecular weight excluding hydrogens is 298 g/mol. The first-order chi connectivity index (χ1) is 9.51. The molecule has 0 saturated carbocycles. The molecular formula is C13H13NO4S2. The van der Waals surface area contributed by atoms with Gasteiger partial charge < -0.3 is 4.74 Å². The fourth-order valence-electron chi connectivity index (χ4n) is 1.63. The molecule has 106 valence electrons. The molecule has 1 aromatic heterocycles. The second-order valence-electron chi connectivity index (χ2n) is 4.02. The normalized spacial score (nSPS) is 17.1. The van der Waals surface area contributed by atoms with Crippen molar-refractivity contribution >= 4 is 46.3 Å². The highest BCUT2D eigenvalue weighted by Gasteiger charge is 2.36. The summed E-state index contributed by atoms with van der Waals surface area (Å²) in [4.78, 5) is 38.5. The Morgan fingerprint density at radius 2 is 2.15 bits per heavy atom. The van der Waals surface area contributed by atoms with Crippen LogP contribution in [0.3, 0.4) is 0 Å². The number of carbonyl (C=O) groups is 3. The Labute approximate surface area is 124 Å². The van der Waals surface area contributed by atoms with Crippen LogP contribution in [0.25, 0.3) is 6.08 Å². The van der Waals surface area contributed by atoms with Crippen LogP contribution in [0.4, 0.5) is 4.79 Å². The average Bonchev–Trinajstić information content (AvgIpc) is 2.89. The Bertz CT molecular complexity index is 591. The molecule has 0 radical (unpaired) electrons. The number of carbonyl (C=O) groups excluding carboxylic acids is 3. The number of amides is 2. The summed E-state index contributed by atoms with van der Waals surface area (Å²) in [5.41, 5.74) is 0. The Morgan fingerprint density at radius 3 is 2.75 bits per heavy atom. The van der Waals surface area contributed by atoms with Gasteiger partial charge >= 0.3 is 5.97 Å². The maximum atomic E-state index is 12.1. The van der Waals surface area contributed by atoms with Crippen LogP contribution in [-0.4, -0.2) is 35.2 Å². The predicted octanol–water partition coefficient (Wildman–Crippen LogP) is 2.66. The standard InChI is InChI=1S/C13H13NO4S2/c1-3-18-11(15)7-14-12(16)10(20-13(14)17)6-9-5-4-8(2)19-9/h4-6H,3,7H2,1-2H3/b10-6+. The van der Waals surface area contributed by atoms with E-state index in [1.165, 1.54) is 11.3 Å². The van der Waals surface area contributed by atoms with E-state index in [0.29, 0.717) is 4.91 Å². The Kier molecular flexibility index (Phi) is 4.61. The van der Waals surface area contributed by atoms with E-state index in [0.717, 1.165) is 26.4 Å². The summed E-state index contributed by atoms with van der Waals surface area (Å²) in [5, 5.41) is -0.442. The van der Waals surface area contributed by atoms with E-state index in [-0.39, 0.29) is 13.2 Å². The second-order valence-corrected chi connectivity index (χ2v) is 6.33. The molecule has 0 atom stereocenters. The minimum absolute atomic E-state index is 0.222. The van der Waals surface area contributed by atoms with E-state index in [4.69, 9.17) is 4.74 Å². The van der Waals surface area contributed by atoms with E-state index < -0.39 is 17.1 Å². The molecule has 1 aliphatic heterocycles. The SMILES string of the molecule is CCOC(=O)CN1C(=O)S/C(=C/c2ccc(C)s2)C1=O. The van der Waals surface area contributed by atoms with Crippen LogP contribution in [0.5, 0.6) is 0 Å². The van der Waals surface area contributed by atoms with Crippen LogP contribution in [0.2, 0.25) is 0 Å². The molecule has 0 unspecified atom stereocenters. The highest BCUT2D eigenvalue weighted by Crippen LogP contribution is 2.33. The van der Waals surface area contributed by atoms with Gasteiger partial charge in [0.15, 0.2) is 0 Å². The number of hydrogen-bond acceptors (Lipinski definition) is 6. The lowest BCUT2D eigenvalue weighted by Gasteiger charge is -2.10. The fourth-order valence-corrected chi connectivity index (χ4v) is 3.36. The number of nitrogens with zero attached hydrogens (tertiary/aromatic N) is 1. The Hall–Kier alpha value is -1.60. The summed E-state index contributed by atoms with van der Waals surface area (Å²) >= 11 is 2.38. The van der Waals surface area contributed by atoms with E-state index in [2.05, 4.69) is 0 Å². The quantitative estimate of drug-likeness (QED) is 0.632. The largest absolute Gasteiger partial charge is 0.465 e. The number of rotatable bonds is 4. The van der Waals surface area contributed by atoms with Crippen molar-refractivity contribution in [2.75, 3.05) is 13.2 Å². The summed E-state index contributed by atoms with van der Waals surface area (Å²) in [5.74, 6) is -1.03. The molecule has 0 bridgehead atoms. The molecule has 1 fully saturated rings.